The summed E-state index contributed by atoms with van der Waals surface area (Å²) in [6, 6.07) is 19.3. The molecule has 1 aromatic heterocycles. The van der Waals surface area contributed by atoms with E-state index in [1.165, 1.54) is 42.5 Å². The molecule has 0 aliphatic carbocycles. The van der Waals surface area contributed by atoms with Crippen molar-refractivity contribution in [1.29, 1.82) is 5.26 Å². The molecule has 0 bridgehead atoms. The number of sulfone groups is 1. The first-order valence-corrected chi connectivity index (χ1v) is 19.4. The van der Waals surface area contributed by atoms with Crippen molar-refractivity contribution < 1.29 is 50.2 Å². The number of ether oxygens (including phenoxy) is 1. The number of hydrogen-bond acceptors (Lipinski definition) is 9. The van der Waals surface area contributed by atoms with Crippen LogP contribution in [0.3, 0.4) is 0 Å². The highest BCUT2D eigenvalue weighted by atomic mass is 32.2. The molecule has 6 rings (SSSR count). The van der Waals surface area contributed by atoms with Crippen LogP contribution < -0.4 is 21.3 Å². The minimum Gasteiger partial charge on any atom is -0.383 e. The van der Waals surface area contributed by atoms with Crippen molar-refractivity contribution in [2.45, 2.75) is 36.6 Å². The fraction of sp³-hybridized carbons (Fsp3) is 0.250. The van der Waals surface area contributed by atoms with Crippen LogP contribution >= 0.6 is 0 Å². The summed E-state index contributed by atoms with van der Waals surface area (Å²) in [7, 11) is -4.26. The molecule has 0 saturated carbocycles. The third kappa shape index (κ3) is 9.45. The maximum absolute atomic E-state index is 14.2. The molecular weight excluding hydrogens is 785 g/mol. The Balaban J connectivity index is 0.933. The number of nitriles is 1. The maximum Gasteiger partial charge on any atom is 0.417 e. The molecule has 5 aromatic rings. The van der Waals surface area contributed by atoms with Crippen molar-refractivity contribution in [3.05, 3.63) is 112 Å². The van der Waals surface area contributed by atoms with E-state index in [9.17, 15) is 45.5 Å². The third-order valence-corrected chi connectivity index (χ3v) is 11.2. The molecule has 4 aromatic carbocycles. The lowest BCUT2D eigenvalue weighted by Gasteiger charge is -2.22. The number of benzene rings is 4. The summed E-state index contributed by atoms with van der Waals surface area (Å²) < 4.78 is 85.7. The van der Waals surface area contributed by atoms with Crippen molar-refractivity contribution in [1.82, 2.24) is 15.6 Å². The number of aliphatic hydroxyl groups is 1. The van der Waals surface area contributed by atoms with E-state index >= 15 is 0 Å². The Bertz CT molecular complexity index is 2530. The lowest BCUT2D eigenvalue weighted by Crippen LogP contribution is -2.45. The van der Waals surface area contributed by atoms with Crippen LogP contribution in [0.4, 0.5) is 28.9 Å². The number of aromatic amines is 1. The number of rotatable bonds is 14. The van der Waals surface area contributed by atoms with Gasteiger partial charge in [0.15, 0.2) is 15.4 Å². The predicted molar refractivity (Wildman–Crippen MR) is 205 cm³/mol. The quantitative estimate of drug-likeness (QED) is 0.0654. The van der Waals surface area contributed by atoms with Crippen LogP contribution in [0.1, 0.15) is 39.5 Å². The van der Waals surface area contributed by atoms with Crippen LogP contribution in [0.25, 0.3) is 22.2 Å². The second-order valence-electron chi connectivity index (χ2n) is 13.7. The van der Waals surface area contributed by atoms with Crippen LogP contribution in [0.2, 0.25) is 0 Å². The molecular formula is C40H36F4N6O7S. The summed E-state index contributed by atoms with van der Waals surface area (Å²) in [5.74, 6) is -3.53. The topological polar surface area (TPSA) is 203 Å². The largest absolute Gasteiger partial charge is 0.417 e. The molecule has 6 N–H and O–H groups in total. The fourth-order valence-electron chi connectivity index (χ4n) is 6.43. The van der Waals surface area contributed by atoms with E-state index in [0.717, 1.165) is 41.4 Å². The van der Waals surface area contributed by atoms with Gasteiger partial charge in [-0.15, -0.1) is 0 Å². The minimum absolute atomic E-state index is 0.128. The Kier molecular flexibility index (Phi) is 11.9. The average Bonchev–Trinajstić information content (AvgIpc) is 3.44. The van der Waals surface area contributed by atoms with Gasteiger partial charge in [-0.2, -0.15) is 18.4 Å². The lowest BCUT2D eigenvalue weighted by atomic mass is 9.99. The van der Waals surface area contributed by atoms with Crippen LogP contribution in [0.15, 0.2) is 83.8 Å². The monoisotopic (exact) mass is 820 g/mol. The molecule has 0 unspecified atom stereocenters. The van der Waals surface area contributed by atoms with Crippen molar-refractivity contribution >= 4 is 49.8 Å². The Hall–Kier alpha value is -6.29. The molecule has 2 heterocycles. The number of anilines is 2. The van der Waals surface area contributed by atoms with Gasteiger partial charge in [0.2, 0.25) is 5.91 Å². The molecule has 0 radical (unpaired) electrons. The number of carbonyl (C=O) groups is 3. The van der Waals surface area contributed by atoms with E-state index < -0.39 is 55.9 Å². The zero-order valence-corrected chi connectivity index (χ0v) is 31.5. The molecule has 13 nitrogen and oxygen atoms in total. The Morgan fingerprint density at radius 2 is 1.71 bits per heavy atom. The van der Waals surface area contributed by atoms with Crippen molar-refractivity contribution in [3.63, 3.8) is 0 Å². The average molecular weight is 821 g/mol. The van der Waals surface area contributed by atoms with Crippen molar-refractivity contribution in [2.24, 2.45) is 0 Å². The van der Waals surface area contributed by atoms with Gasteiger partial charge in [0.05, 0.1) is 40.0 Å². The van der Waals surface area contributed by atoms with Gasteiger partial charge in [0, 0.05) is 47.6 Å². The number of hydrogen-bond donors (Lipinski definition) is 6. The number of carbonyl (C=O) groups excluding carboxylic acids is 3. The molecule has 3 amide bonds. The Morgan fingerprint density at radius 1 is 1.00 bits per heavy atom. The summed E-state index contributed by atoms with van der Waals surface area (Å²) in [6.07, 6.45) is -4.32. The second-order valence-corrected chi connectivity index (χ2v) is 15.7. The van der Waals surface area contributed by atoms with Gasteiger partial charge in [0.1, 0.15) is 12.4 Å². The molecule has 1 atom stereocenters. The summed E-state index contributed by atoms with van der Waals surface area (Å²) in [4.78, 5) is 40.6. The smallest absolute Gasteiger partial charge is 0.383 e. The molecule has 0 fully saturated rings. The molecule has 0 saturated heterocycles. The number of aromatic nitrogens is 1. The number of halogens is 4. The summed E-state index contributed by atoms with van der Waals surface area (Å²) >= 11 is 0. The van der Waals surface area contributed by atoms with Gasteiger partial charge in [-0.25, -0.2) is 12.8 Å². The van der Waals surface area contributed by atoms with Gasteiger partial charge < -0.3 is 36.1 Å². The van der Waals surface area contributed by atoms with Gasteiger partial charge >= 0.3 is 6.18 Å². The van der Waals surface area contributed by atoms with Gasteiger partial charge in [-0.1, -0.05) is 24.3 Å². The normalized spacial score (nSPS) is 13.8. The van der Waals surface area contributed by atoms with Crippen LogP contribution in [-0.4, -0.2) is 73.9 Å². The number of nitrogens with one attached hydrogen (secondary N) is 5. The number of H-pyrrole nitrogens is 1. The Labute approximate surface area is 329 Å². The molecule has 1 aliphatic heterocycles. The highest BCUT2D eigenvalue weighted by Crippen LogP contribution is 2.36. The van der Waals surface area contributed by atoms with Crippen LogP contribution in [0.5, 0.6) is 0 Å². The first-order chi connectivity index (χ1) is 27.4. The number of nitrogens with zero attached hydrogens (tertiary/aromatic N) is 1. The number of alkyl halides is 3. The second kappa shape index (κ2) is 16.7. The summed E-state index contributed by atoms with van der Waals surface area (Å²) in [6.45, 7) is 1.74. The van der Waals surface area contributed by atoms with E-state index in [1.54, 1.807) is 0 Å². The van der Waals surface area contributed by atoms with Gasteiger partial charge in [0.25, 0.3) is 11.8 Å². The molecule has 58 heavy (non-hydrogen) atoms. The summed E-state index contributed by atoms with van der Waals surface area (Å²) in [5, 5.41) is 31.0. The predicted octanol–water partition coefficient (Wildman–Crippen LogP) is 5.06. The molecule has 1 aliphatic rings. The van der Waals surface area contributed by atoms with Crippen LogP contribution in [-0.2, 0) is 43.3 Å². The third-order valence-electron chi connectivity index (χ3n) is 9.29. The standard InChI is InChI=1S/C40H36F4N6O7S/c1-39(54,38(53)49-28-7-6-25(19-45)32(18-28)40(42,43)44)22-58(55,56)29-10-8-27(9-11-29)46-14-15-57-21-34(51)48-20-23-2-4-24(5-3-23)36-30-12-13-47-37(52)31-16-26(41)17-33(50-36)35(30)31/h2-11,16-18,46,50,54H,12-15,20-22H2,1H3,(H,47,52)(H,48,51)(H,49,53)/t39-/m0/s1. The van der Waals surface area contributed by atoms with Gasteiger partial charge in [-0.05, 0) is 84.6 Å². The molecule has 18 heteroatoms. The maximum atomic E-state index is 14.2. The molecule has 0 spiro atoms. The van der Waals surface area contributed by atoms with Crippen molar-refractivity contribution in [2.75, 3.05) is 42.7 Å². The Morgan fingerprint density at radius 3 is 2.40 bits per heavy atom. The van der Waals surface area contributed by atoms with Crippen LogP contribution in [0, 0.1) is 17.1 Å². The zero-order chi connectivity index (χ0) is 41.8. The minimum atomic E-state index is -4.89. The highest BCUT2D eigenvalue weighted by molar-refractivity contribution is 7.91. The first kappa shape index (κ1) is 41.3. The highest BCUT2D eigenvalue weighted by Gasteiger charge is 2.38. The van der Waals surface area contributed by atoms with E-state index in [0.29, 0.717) is 41.2 Å². The summed E-state index contributed by atoms with van der Waals surface area (Å²) in [5.41, 5.74) is -0.172. The molecule has 302 valence electrons. The van der Waals surface area contributed by atoms with Crippen molar-refractivity contribution in [3.8, 4) is 17.3 Å². The van der Waals surface area contributed by atoms with E-state index in [1.807, 2.05) is 24.3 Å². The van der Waals surface area contributed by atoms with E-state index in [4.69, 9.17) is 10.00 Å². The van der Waals surface area contributed by atoms with E-state index in [2.05, 4.69) is 26.3 Å². The lowest BCUT2D eigenvalue weighted by molar-refractivity contribution is -0.138. The van der Waals surface area contributed by atoms with Gasteiger partial charge in [-0.3, -0.25) is 14.4 Å². The van der Waals surface area contributed by atoms with E-state index in [-0.39, 0.29) is 43.0 Å². The zero-order valence-electron chi connectivity index (χ0n) is 30.7. The number of amides is 3. The fourth-order valence-corrected chi connectivity index (χ4v) is 8.02. The SMILES string of the molecule is C[C@](O)(CS(=O)(=O)c1ccc(NCCOCC(=O)NCc2ccc(-c3[nH]c4cc(F)cc5c4c3CCNC5=O)cc2)cc1)C(=O)Nc1ccc(C#N)c(C(F)(F)F)c1. The first-order valence-electron chi connectivity index (χ1n) is 17.7.